The monoisotopic (exact) mass is 413 g/mol. The predicted molar refractivity (Wildman–Crippen MR) is 115 cm³/mol. The molecule has 0 saturated heterocycles. The number of ether oxygens (including phenoxy) is 1. The number of thiazole rings is 1. The third-order valence-corrected chi connectivity index (χ3v) is 5.57. The van der Waals surface area contributed by atoms with Gasteiger partial charge in [-0.2, -0.15) is 0 Å². The van der Waals surface area contributed by atoms with E-state index in [-0.39, 0.29) is 5.91 Å². The van der Waals surface area contributed by atoms with Crippen molar-refractivity contribution in [2.45, 2.75) is 39.7 Å². The summed E-state index contributed by atoms with van der Waals surface area (Å²) in [5.41, 5.74) is 4.16. The topological polar surface area (TPSA) is 81.9 Å². The molecule has 1 N–H and O–H groups in total. The molecule has 0 aromatic carbocycles. The molecule has 3 aromatic heterocycles. The van der Waals surface area contributed by atoms with Gasteiger partial charge in [-0.1, -0.05) is 13.3 Å². The van der Waals surface area contributed by atoms with Gasteiger partial charge in [0.15, 0.2) is 0 Å². The molecule has 29 heavy (non-hydrogen) atoms. The Morgan fingerprint density at radius 1 is 1.28 bits per heavy atom. The van der Waals surface area contributed by atoms with E-state index in [0.717, 1.165) is 53.6 Å². The fraction of sp³-hybridized carbons (Fsp3) is 0.429. The van der Waals surface area contributed by atoms with E-state index in [0.29, 0.717) is 18.7 Å². The van der Waals surface area contributed by atoms with Gasteiger partial charge in [0.25, 0.3) is 5.91 Å². The molecule has 0 spiro atoms. The Bertz CT molecular complexity index is 936. The lowest BCUT2D eigenvalue weighted by Gasteiger charge is -2.11. The van der Waals surface area contributed by atoms with Crippen LogP contribution in [-0.2, 0) is 11.3 Å². The number of aromatic nitrogens is 4. The Morgan fingerprint density at radius 2 is 2.14 bits per heavy atom. The molecule has 3 heterocycles. The maximum absolute atomic E-state index is 12.7. The zero-order chi connectivity index (χ0) is 20.6. The average Bonchev–Trinajstić information content (AvgIpc) is 3.34. The van der Waals surface area contributed by atoms with Crippen LogP contribution in [0.3, 0.4) is 0 Å². The van der Waals surface area contributed by atoms with Crippen molar-refractivity contribution in [1.29, 1.82) is 0 Å². The molecule has 3 rings (SSSR count). The number of hydrogen-bond donors (Lipinski definition) is 1. The van der Waals surface area contributed by atoms with Crippen LogP contribution >= 0.6 is 11.3 Å². The summed E-state index contributed by atoms with van der Waals surface area (Å²) in [5, 5.41) is 5.83. The van der Waals surface area contributed by atoms with Gasteiger partial charge in [-0.15, -0.1) is 11.3 Å². The van der Waals surface area contributed by atoms with Crippen LogP contribution in [0, 0.1) is 6.92 Å². The number of carbonyl (C=O) groups excluding carboxylic acids is 1. The highest BCUT2D eigenvalue weighted by Crippen LogP contribution is 2.30. The molecule has 0 fully saturated rings. The van der Waals surface area contributed by atoms with Crippen LogP contribution in [0.25, 0.3) is 22.1 Å². The van der Waals surface area contributed by atoms with E-state index in [2.05, 4.69) is 26.8 Å². The Balaban J connectivity index is 1.92. The van der Waals surface area contributed by atoms with E-state index in [1.807, 2.05) is 18.4 Å². The largest absolute Gasteiger partial charge is 0.385 e. The van der Waals surface area contributed by atoms with Gasteiger partial charge in [-0.05, 0) is 25.8 Å². The second-order valence-corrected chi connectivity index (χ2v) is 7.62. The van der Waals surface area contributed by atoms with Crippen molar-refractivity contribution >= 4 is 17.2 Å². The van der Waals surface area contributed by atoms with Gasteiger partial charge in [0.05, 0.1) is 23.1 Å². The van der Waals surface area contributed by atoms with E-state index >= 15 is 0 Å². The minimum Gasteiger partial charge on any atom is -0.385 e. The summed E-state index contributed by atoms with van der Waals surface area (Å²) in [7, 11) is 1.70. The number of rotatable bonds is 10. The van der Waals surface area contributed by atoms with Crippen LogP contribution in [0.4, 0.5) is 0 Å². The molecule has 154 valence electrons. The molecule has 0 bridgehead atoms. The predicted octanol–water partition coefficient (Wildman–Crippen LogP) is 3.94. The van der Waals surface area contributed by atoms with Crippen molar-refractivity contribution in [3.63, 3.8) is 0 Å². The van der Waals surface area contributed by atoms with Gasteiger partial charge in [0, 0.05) is 50.3 Å². The fourth-order valence-electron chi connectivity index (χ4n) is 3.13. The second-order valence-electron chi connectivity index (χ2n) is 6.76. The van der Waals surface area contributed by atoms with Crippen molar-refractivity contribution in [1.82, 2.24) is 24.8 Å². The quantitative estimate of drug-likeness (QED) is 0.509. The SMILES string of the molecule is CCCCNC(=O)c1cc(-c2csc(-c3cnccn3)n2)n(CCCOC)c1C. The van der Waals surface area contributed by atoms with Crippen molar-refractivity contribution in [3.05, 3.63) is 41.3 Å². The summed E-state index contributed by atoms with van der Waals surface area (Å²) >= 11 is 1.52. The van der Waals surface area contributed by atoms with E-state index < -0.39 is 0 Å². The number of nitrogens with one attached hydrogen (secondary N) is 1. The maximum atomic E-state index is 12.7. The number of carbonyl (C=O) groups is 1. The van der Waals surface area contributed by atoms with Crippen molar-refractivity contribution < 1.29 is 9.53 Å². The molecule has 0 aliphatic heterocycles. The number of nitrogens with zero attached hydrogens (tertiary/aromatic N) is 4. The molecule has 0 aliphatic carbocycles. The highest BCUT2D eigenvalue weighted by atomic mass is 32.1. The number of methoxy groups -OCH3 is 1. The second kappa shape index (κ2) is 10.3. The van der Waals surface area contributed by atoms with Gasteiger partial charge in [-0.25, -0.2) is 4.98 Å². The Hall–Kier alpha value is -2.58. The zero-order valence-electron chi connectivity index (χ0n) is 17.1. The summed E-state index contributed by atoms with van der Waals surface area (Å²) in [6.45, 7) is 6.21. The zero-order valence-corrected chi connectivity index (χ0v) is 18.0. The van der Waals surface area contributed by atoms with Crippen molar-refractivity contribution in [2.24, 2.45) is 0 Å². The molecule has 0 saturated carbocycles. The first-order valence-corrected chi connectivity index (χ1v) is 10.7. The number of unbranched alkanes of at least 4 members (excludes halogenated alkanes) is 1. The van der Waals surface area contributed by atoms with Gasteiger partial charge in [0.1, 0.15) is 10.7 Å². The van der Waals surface area contributed by atoms with E-state index in [1.54, 1.807) is 25.7 Å². The molecule has 0 radical (unpaired) electrons. The summed E-state index contributed by atoms with van der Waals surface area (Å²) < 4.78 is 7.37. The molecule has 0 aliphatic rings. The lowest BCUT2D eigenvalue weighted by molar-refractivity contribution is 0.0952. The molecule has 0 atom stereocenters. The first-order chi connectivity index (χ1) is 14.2. The molecular formula is C21H27N5O2S. The number of amides is 1. The minimum absolute atomic E-state index is 0.0351. The first kappa shape index (κ1) is 21.1. The van der Waals surface area contributed by atoms with E-state index in [9.17, 15) is 4.79 Å². The molecule has 7 nitrogen and oxygen atoms in total. The highest BCUT2D eigenvalue weighted by Gasteiger charge is 2.20. The smallest absolute Gasteiger partial charge is 0.253 e. The standard InChI is InChI=1S/C21H27N5O2S/c1-4-5-7-24-20(27)16-12-19(26(15(16)2)10-6-11-28-3)18-14-29-21(25-18)17-13-22-8-9-23-17/h8-9,12-14H,4-7,10-11H2,1-3H3,(H,24,27). The summed E-state index contributed by atoms with van der Waals surface area (Å²) in [6, 6.07) is 1.94. The van der Waals surface area contributed by atoms with Crippen LogP contribution in [0.15, 0.2) is 30.0 Å². The van der Waals surface area contributed by atoms with Gasteiger partial charge in [0.2, 0.25) is 0 Å². The Morgan fingerprint density at radius 3 is 2.86 bits per heavy atom. The molecule has 8 heteroatoms. The third-order valence-electron chi connectivity index (χ3n) is 4.71. The van der Waals surface area contributed by atoms with E-state index in [4.69, 9.17) is 9.72 Å². The summed E-state index contributed by atoms with van der Waals surface area (Å²) in [6.07, 6.45) is 7.89. The lowest BCUT2D eigenvalue weighted by atomic mass is 10.2. The number of hydrogen-bond acceptors (Lipinski definition) is 6. The van der Waals surface area contributed by atoms with Gasteiger partial charge in [-0.3, -0.25) is 14.8 Å². The Labute approximate surface area is 175 Å². The van der Waals surface area contributed by atoms with Crippen LogP contribution in [0.2, 0.25) is 0 Å². The normalized spacial score (nSPS) is 11.0. The van der Waals surface area contributed by atoms with Crippen LogP contribution in [-0.4, -0.2) is 45.7 Å². The highest BCUT2D eigenvalue weighted by molar-refractivity contribution is 7.13. The fourth-order valence-corrected chi connectivity index (χ4v) is 3.91. The first-order valence-electron chi connectivity index (χ1n) is 9.85. The average molecular weight is 414 g/mol. The molecule has 0 unspecified atom stereocenters. The summed E-state index contributed by atoms with van der Waals surface area (Å²) in [4.78, 5) is 25.9. The molecule has 3 aromatic rings. The van der Waals surface area contributed by atoms with Crippen molar-refractivity contribution in [3.8, 4) is 22.1 Å². The molecule has 1 amide bonds. The van der Waals surface area contributed by atoms with Crippen LogP contribution < -0.4 is 5.32 Å². The summed E-state index contributed by atoms with van der Waals surface area (Å²) in [5.74, 6) is -0.0351. The van der Waals surface area contributed by atoms with Gasteiger partial charge >= 0.3 is 0 Å². The molecular weight excluding hydrogens is 386 g/mol. The third kappa shape index (κ3) is 5.07. The van der Waals surface area contributed by atoms with Crippen molar-refractivity contribution in [2.75, 3.05) is 20.3 Å². The van der Waals surface area contributed by atoms with Crippen LogP contribution in [0.1, 0.15) is 42.2 Å². The van der Waals surface area contributed by atoms with Gasteiger partial charge < -0.3 is 14.6 Å². The van der Waals surface area contributed by atoms with Crippen LogP contribution in [0.5, 0.6) is 0 Å². The Kier molecular flexibility index (Phi) is 7.48. The lowest BCUT2D eigenvalue weighted by Crippen LogP contribution is -2.24. The maximum Gasteiger partial charge on any atom is 0.253 e. The minimum atomic E-state index is -0.0351. The van der Waals surface area contributed by atoms with E-state index in [1.165, 1.54) is 11.3 Å².